The fourth-order valence-corrected chi connectivity index (χ4v) is 3.02. The first-order chi connectivity index (χ1) is 12.8. The summed E-state index contributed by atoms with van der Waals surface area (Å²) in [6.45, 7) is 3.72. The average molecular weight is 454 g/mol. The summed E-state index contributed by atoms with van der Waals surface area (Å²) in [7, 11) is 1.54. The molecule has 7 heteroatoms. The van der Waals surface area contributed by atoms with Crippen molar-refractivity contribution in [3.63, 3.8) is 0 Å². The second kappa shape index (κ2) is 9.76. The van der Waals surface area contributed by atoms with E-state index in [2.05, 4.69) is 21.2 Å². The Labute approximate surface area is 172 Å². The monoisotopic (exact) mass is 452 g/mol. The first-order valence-corrected chi connectivity index (χ1v) is 9.63. The predicted octanol–water partition coefficient (Wildman–Crippen LogP) is 3.95. The highest BCUT2D eigenvalue weighted by Crippen LogP contribution is 2.22. The Morgan fingerprint density at radius 2 is 2.00 bits per heavy atom. The number of carbonyl (C=O) groups is 2. The Balaban J connectivity index is 2.14. The maximum atomic E-state index is 12.8. The van der Waals surface area contributed by atoms with Gasteiger partial charge >= 0.3 is 0 Å². The van der Waals surface area contributed by atoms with E-state index >= 15 is 0 Å². The van der Waals surface area contributed by atoms with Gasteiger partial charge in [-0.05, 0) is 55.3 Å². The summed E-state index contributed by atoms with van der Waals surface area (Å²) in [5.74, 6) is 0.0656. The first-order valence-electron chi connectivity index (χ1n) is 8.46. The second-order valence-corrected chi connectivity index (χ2v) is 7.43. The van der Waals surface area contributed by atoms with Gasteiger partial charge in [0, 0.05) is 23.1 Å². The topological polar surface area (TPSA) is 58.6 Å². The Bertz CT molecular complexity index is 829. The number of hydrogen-bond donors (Lipinski definition) is 1. The minimum absolute atomic E-state index is 0.164. The lowest BCUT2D eigenvalue weighted by Gasteiger charge is -2.28. The Morgan fingerprint density at radius 3 is 2.63 bits per heavy atom. The summed E-state index contributed by atoms with van der Waals surface area (Å²) in [6.07, 6.45) is 0. The van der Waals surface area contributed by atoms with Crippen LogP contribution in [0.2, 0.25) is 5.02 Å². The van der Waals surface area contributed by atoms with Crippen LogP contribution in [0.3, 0.4) is 0 Å². The summed E-state index contributed by atoms with van der Waals surface area (Å²) in [5, 5.41) is 3.16. The molecule has 144 valence electrons. The van der Waals surface area contributed by atoms with Crippen molar-refractivity contribution in [1.29, 1.82) is 0 Å². The van der Waals surface area contributed by atoms with Gasteiger partial charge in [0.25, 0.3) is 5.91 Å². The molecule has 0 heterocycles. The molecule has 0 fully saturated rings. The summed E-state index contributed by atoms with van der Waals surface area (Å²) < 4.78 is 6.61. The van der Waals surface area contributed by atoms with Crippen LogP contribution >= 0.6 is 27.5 Å². The van der Waals surface area contributed by atoms with E-state index in [1.165, 1.54) is 4.90 Å². The van der Waals surface area contributed by atoms with E-state index in [-0.39, 0.29) is 25.0 Å². The largest absolute Gasteiger partial charge is 0.484 e. The zero-order valence-electron chi connectivity index (χ0n) is 15.5. The third kappa shape index (κ3) is 5.97. The van der Waals surface area contributed by atoms with Gasteiger partial charge in [0.2, 0.25) is 5.91 Å². The van der Waals surface area contributed by atoms with E-state index in [1.807, 2.05) is 31.2 Å². The van der Waals surface area contributed by atoms with Crippen molar-refractivity contribution in [3.05, 3.63) is 63.1 Å². The maximum Gasteiger partial charge on any atom is 0.261 e. The van der Waals surface area contributed by atoms with Crippen molar-refractivity contribution in [2.24, 2.45) is 0 Å². The molecule has 27 heavy (non-hydrogen) atoms. The van der Waals surface area contributed by atoms with Crippen molar-refractivity contribution < 1.29 is 14.3 Å². The van der Waals surface area contributed by atoms with Crippen LogP contribution in [0.5, 0.6) is 5.75 Å². The lowest BCUT2D eigenvalue weighted by atomic mass is 10.1. The standard InChI is InChI=1S/C20H22BrClN2O3/c1-13-9-17(7-8-18(13)21)27-12-19(25)24(14(2)20(26)23-3)11-15-5-4-6-16(22)10-15/h4-10,14H,11-12H2,1-3H3,(H,23,26)/t14-/m1/s1. The molecule has 0 radical (unpaired) electrons. The molecule has 0 unspecified atom stereocenters. The van der Waals surface area contributed by atoms with Crippen LogP contribution < -0.4 is 10.1 Å². The van der Waals surface area contributed by atoms with Gasteiger partial charge < -0.3 is 15.0 Å². The SMILES string of the molecule is CNC(=O)[C@@H](C)N(Cc1cccc(Cl)c1)C(=O)COc1ccc(Br)c(C)c1. The van der Waals surface area contributed by atoms with Crippen LogP contribution in [-0.4, -0.2) is 36.4 Å². The van der Waals surface area contributed by atoms with Crippen LogP contribution in [0.15, 0.2) is 46.9 Å². The quantitative estimate of drug-likeness (QED) is 0.690. The summed E-state index contributed by atoms with van der Waals surface area (Å²) in [6, 6.07) is 12.1. The fraction of sp³-hybridized carbons (Fsp3) is 0.300. The van der Waals surface area contributed by atoms with Crippen molar-refractivity contribution in [3.8, 4) is 5.75 Å². The Morgan fingerprint density at radius 1 is 1.26 bits per heavy atom. The van der Waals surface area contributed by atoms with E-state index in [9.17, 15) is 9.59 Å². The molecule has 0 spiro atoms. The van der Waals surface area contributed by atoms with Gasteiger partial charge in [-0.2, -0.15) is 0 Å². The number of nitrogens with zero attached hydrogens (tertiary/aromatic N) is 1. The van der Waals surface area contributed by atoms with Crippen molar-refractivity contribution >= 4 is 39.3 Å². The first kappa shape index (κ1) is 21.3. The third-order valence-corrected chi connectivity index (χ3v) is 5.27. The Hall–Kier alpha value is -2.05. The van der Waals surface area contributed by atoms with Gasteiger partial charge in [0.05, 0.1) is 0 Å². The van der Waals surface area contributed by atoms with E-state index < -0.39 is 6.04 Å². The number of amides is 2. The summed E-state index contributed by atoms with van der Waals surface area (Å²) in [5.41, 5.74) is 1.85. The fourth-order valence-electron chi connectivity index (χ4n) is 2.56. The molecule has 0 aromatic heterocycles. The van der Waals surface area contributed by atoms with Crippen LogP contribution in [0.4, 0.5) is 0 Å². The van der Waals surface area contributed by atoms with Gasteiger partial charge in [-0.15, -0.1) is 0 Å². The summed E-state index contributed by atoms with van der Waals surface area (Å²) >= 11 is 9.47. The number of carbonyl (C=O) groups excluding carboxylic acids is 2. The molecule has 1 atom stereocenters. The molecule has 0 saturated heterocycles. The van der Waals surface area contributed by atoms with Crippen LogP contribution in [-0.2, 0) is 16.1 Å². The van der Waals surface area contributed by atoms with Gasteiger partial charge in [0.1, 0.15) is 11.8 Å². The van der Waals surface area contributed by atoms with E-state index in [4.69, 9.17) is 16.3 Å². The van der Waals surface area contributed by atoms with Crippen molar-refractivity contribution in [1.82, 2.24) is 10.2 Å². The molecular weight excluding hydrogens is 432 g/mol. The molecule has 1 N–H and O–H groups in total. The lowest BCUT2D eigenvalue weighted by Crippen LogP contribution is -2.48. The number of ether oxygens (including phenoxy) is 1. The van der Waals surface area contributed by atoms with Gasteiger partial charge in [0.15, 0.2) is 6.61 Å². The van der Waals surface area contributed by atoms with E-state index in [1.54, 1.807) is 32.2 Å². The normalized spacial score (nSPS) is 11.6. The van der Waals surface area contributed by atoms with E-state index in [0.717, 1.165) is 15.6 Å². The molecular formula is C20H22BrClN2O3. The van der Waals surface area contributed by atoms with Crippen molar-refractivity contribution in [2.75, 3.05) is 13.7 Å². The van der Waals surface area contributed by atoms with Gasteiger partial charge in [-0.25, -0.2) is 0 Å². The number of likely N-dealkylation sites (N-methyl/N-ethyl adjacent to an activating group) is 1. The zero-order chi connectivity index (χ0) is 20.0. The maximum absolute atomic E-state index is 12.8. The molecule has 0 aliphatic carbocycles. The average Bonchev–Trinajstić information content (AvgIpc) is 2.65. The van der Waals surface area contributed by atoms with Crippen LogP contribution in [0.25, 0.3) is 0 Å². The molecule has 0 bridgehead atoms. The number of nitrogens with one attached hydrogen (secondary N) is 1. The van der Waals surface area contributed by atoms with Gasteiger partial charge in [-0.1, -0.05) is 39.7 Å². The highest BCUT2D eigenvalue weighted by Gasteiger charge is 2.26. The minimum Gasteiger partial charge on any atom is -0.484 e. The Kier molecular flexibility index (Phi) is 7.68. The third-order valence-electron chi connectivity index (χ3n) is 4.15. The van der Waals surface area contributed by atoms with Crippen LogP contribution in [0.1, 0.15) is 18.1 Å². The molecule has 0 aliphatic heterocycles. The molecule has 5 nitrogen and oxygen atoms in total. The molecule has 0 saturated carbocycles. The number of aryl methyl sites for hydroxylation is 1. The second-order valence-electron chi connectivity index (χ2n) is 6.14. The zero-order valence-corrected chi connectivity index (χ0v) is 17.8. The molecule has 2 aromatic rings. The highest BCUT2D eigenvalue weighted by molar-refractivity contribution is 9.10. The molecule has 2 aromatic carbocycles. The summed E-state index contributed by atoms with van der Waals surface area (Å²) in [4.78, 5) is 26.4. The number of rotatable bonds is 7. The van der Waals surface area contributed by atoms with Crippen molar-refractivity contribution in [2.45, 2.75) is 26.4 Å². The highest BCUT2D eigenvalue weighted by atomic mass is 79.9. The number of halogens is 2. The smallest absolute Gasteiger partial charge is 0.261 e. The molecule has 2 rings (SSSR count). The molecule has 2 amide bonds. The predicted molar refractivity (Wildman–Crippen MR) is 110 cm³/mol. The number of benzene rings is 2. The van der Waals surface area contributed by atoms with E-state index in [0.29, 0.717) is 10.8 Å². The number of hydrogen-bond acceptors (Lipinski definition) is 3. The lowest BCUT2D eigenvalue weighted by molar-refractivity contribution is -0.142. The molecule has 0 aliphatic rings. The van der Waals surface area contributed by atoms with Gasteiger partial charge in [-0.3, -0.25) is 9.59 Å². The van der Waals surface area contributed by atoms with Crippen LogP contribution in [0, 0.1) is 6.92 Å². The minimum atomic E-state index is -0.642.